The molecule has 1 aromatic carbocycles. The number of ether oxygens (including phenoxy) is 1. The smallest absolute Gasteiger partial charge is 0.126 e. The minimum atomic E-state index is -0.137. The first-order valence-electron chi connectivity index (χ1n) is 8.40. The Bertz CT molecular complexity index is 430. The van der Waals surface area contributed by atoms with Crippen molar-refractivity contribution in [2.24, 2.45) is 11.1 Å². The van der Waals surface area contributed by atoms with Gasteiger partial charge >= 0.3 is 0 Å². The van der Waals surface area contributed by atoms with Crippen LogP contribution in [-0.4, -0.2) is 12.6 Å². The third kappa shape index (κ3) is 4.88. The van der Waals surface area contributed by atoms with Crippen molar-refractivity contribution in [3.05, 3.63) is 41.5 Å². The van der Waals surface area contributed by atoms with Crippen molar-refractivity contribution in [3.63, 3.8) is 0 Å². The number of hydrogen-bond donors (Lipinski definition) is 1. The third-order valence-corrected chi connectivity index (χ3v) is 4.18. The number of nitrogens with two attached hydrogens (primary N) is 1. The van der Waals surface area contributed by atoms with E-state index in [1.807, 2.05) is 33.8 Å². The molecular formula is C20H37NO. The number of benzene rings is 1. The summed E-state index contributed by atoms with van der Waals surface area (Å²) in [5.74, 6) is 1.05. The topological polar surface area (TPSA) is 35.2 Å². The summed E-state index contributed by atoms with van der Waals surface area (Å²) in [6, 6.07) is 10.4. The highest BCUT2D eigenvalue weighted by Gasteiger charge is 2.47. The molecule has 1 aliphatic rings. The van der Waals surface area contributed by atoms with Crippen molar-refractivity contribution in [3.8, 4) is 0 Å². The van der Waals surface area contributed by atoms with Gasteiger partial charge in [0.05, 0.1) is 0 Å². The predicted molar refractivity (Wildman–Crippen MR) is 101 cm³/mol. The lowest BCUT2D eigenvalue weighted by atomic mass is 9.73. The van der Waals surface area contributed by atoms with E-state index in [1.165, 1.54) is 18.2 Å². The van der Waals surface area contributed by atoms with E-state index in [1.54, 1.807) is 0 Å². The Kier molecular flexibility index (Phi) is 10.9. The first-order valence-corrected chi connectivity index (χ1v) is 8.40. The fraction of sp³-hybridized carbons (Fsp3) is 0.600. The normalized spacial score (nSPS) is 16.9. The first kappa shape index (κ1) is 23.0. The van der Waals surface area contributed by atoms with Crippen LogP contribution in [0.5, 0.6) is 0 Å². The Morgan fingerprint density at radius 1 is 0.818 bits per heavy atom. The van der Waals surface area contributed by atoms with Crippen LogP contribution in [-0.2, 0) is 4.74 Å². The molecule has 1 heterocycles. The second kappa shape index (κ2) is 10.4. The zero-order valence-corrected chi connectivity index (χ0v) is 16.4. The van der Waals surface area contributed by atoms with Crippen LogP contribution in [0.4, 0.5) is 0 Å². The molecule has 1 aliphatic heterocycles. The molecule has 22 heavy (non-hydrogen) atoms. The quantitative estimate of drug-likeness (QED) is 0.703. The molecule has 0 unspecified atom stereocenters. The molecule has 0 amide bonds. The van der Waals surface area contributed by atoms with E-state index < -0.39 is 0 Å². The average Bonchev–Trinajstić information content (AvgIpc) is 2.73. The first-order chi connectivity index (χ1) is 10.4. The van der Waals surface area contributed by atoms with Gasteiger partial charge in [-0.05, 0) is 33.4 Å². The van der Waals surface area contributed by atoms with Gasteiger partial charge in [-0.1, -0.05) is 71.9 Å². The van der Waals surface area contributed by atoms with E-state index in [9.17, 15) is 0 Å². The summed E-state index contributed by atoms with van der Waals surface area (Å²) in [6.45, 7) is 19.0. The van der Waals surface area contributed by atoms with Gasteiger partial charge < -0.3 is 10.5 Å². The minimum Gasteiger partial charge on any atom is -0.486 e. The highest BCUT2D eigenvalue weighted by atomic mass is 16.5. The Balaban J connectivity index is 0. The highest BCUT2D eigenvalue weighted by molar-refractivity contribution is 5.67. The van der Waals surface area contributed by atoms with Gasteiger partial charge in [0.25, 0.3) is 0 Å². The van der Waals surface area contributed by atoms with Crippen LogP contribution in [0.15, 0.2) is 35.9 Å². The molecule has 2 nitrogen and oxygen atoms in total. The van der Waals surface area contributed by atoms with Gasteiger partial charge in [-0.15, -0.1) is 0 Å². The highest BCUT2D eigenvalue weighted by Crippen LogP contribution is 2.51. The Morgan fingerprint density at radius 2 is 1.23 bits per heavy atom. The van der Waals surface area contributed by atoms with Crippen LogP contribution in [0.2, 0.25) is 0 Å². The summed E-state index contributed by atoms with van der Waals surface area (Å²) >= 11 is 0. The Labute approximate surface area is 138 Å². The molecule has 2 N–H and O–H groups in total. The maximum atomic E-state index is 6.14. The van der Waals surface area contributed by atoms with Crippen LogP contribution in [0.1, 0.15) is 67.9 Å². The lowest BCUT2D eigenvalue weighted by molar-refractivity contribution is 0.0162. The average molecular weight is 308 g/mol. The predicted octanol–water partition coefficient (Wildman–Crippen LogP) is 5.88. The van der Waals surface area contributed by atoms with Gasteiger partial charge in [-0.3, -0.25) is 0 Å². The molecule has 0 aliphatic carbocycles. The van der Waals surface area contributed by atoms with E-state index in [0.29, 0.717) is 0 Å². The van der Waals surface area contributed by atoms with E-state index in [4.69, 9.17) is 4.74 Å². The zero-order valence-electron chi connectivity index (χ0n) is 16.4. The van der Waals surface area contributed by atoms with Crippen LogP contribution < -0.4 is 5.73 Å². The van der Waals surface area contributed by atoms with Gasteiger partial charge in [0.2, 0.25) is 0 Å². The third-order valence-electron chi connectivity index (χ3n) is 4.18. The molecule has 2 heteroatoms. The molecule has 0 bridgehead atoms. The van der Waals surface area contributed by atoms with Crippen molar-refractivity contribution >= 4 is 5.76 Å². The van der Waals surface area contributed by atoms with E-state index in [-0.39, 0.29) is 11.0 Å². The number of hydrogen-bond acceptors (Lipinski definition) is 2. The lowest BCUT2D eigenvalue weighted by Crippen LogP contribution is -2.36. The van der Waals surface area contributed by atoms with Crippen LogP contribution in [0.25, 0.3) is 5.76 Å². The molecule has 2 rings (SSSR count). The van der Waals surface area contributed by atoms with Gasteiger partial charge in [0.15, 0.2) is 0 Å². The molecule has 0 saturated heterocycles. The molecule has 0 fully saturated rings. The van der Waals surface area contributed by atoms with Crippen LogP contribution >= 0.6 is 0 Å². The van der Waals surface area contributed by atoms with Gasteiger partial charge in [0, 0.05) is 11.0 Å². The van der Waals surface area contributed by atoms with E-state index in [0.717, 1.165) is 5.76 Å². The molecule has 0 spiro atoms. The van der Waals surface area contributed by atoms with E-state index in [2.05, 4.69) is 64.6 Å². The standard InChI is InChI=1S/C15H20O.2C2H6.CH5N/c1-11-13(12-9-7-6-8-10-12)16-15(4,5)14(11,2)3;3*1-2/h6-10H,1-5H3;2*1-2H3;2H2,1H3. The minimum absolute atomic E-state index is 0.0815. The van der Waals surface area contributed by atoms with Crippen molar-refractivity contribution in [2.75, 3.05) is 7.05 Å². The summed E-state index contributed by atoms with van der Waals surface area (Å²) < 4.78 is 6.14. The summed E-state index contributed by atoms with van der Waals surface area (Å²) in [4.78, 5) is 0. The summed E-state index contributed by atoms with van der Waals surface area (Å²) in [7, 11) is 1.50. The largest absolute Gasteiger partial charge is 0.486 e. The van der Waals surface area contributed by atoms with Gasteiger partial charge in [-0.2, -0.15) is 0 Å². The lowest BCUT2D eigenvalue weighted by Gasteiger charge is -2.34. The molecule has 0 radical (unpaired) electrons. The maximum absolute atomic E-state index is 6.14. The fourth-order valence-electron chi connectivity index (χ4n) is 2.06. The second-order valence-electron chi connectivity index (χ2n) is 5.56. The Hall–Kier alpha value is -1.28. The molecule has 0 atom stereocenters. The van der Waals surface area contributed by atoms with Crippen molar-refractivity contribution in [1.29, 1.82) is 0 Å². The van der Waals surface area contributed by atoms with Crippen LogP contribution in [0, 0.1) is 5.41 Å². The second-order valence-corrected chi connectivity index (χ2v) is 5.56. The summed E-state index contributed by atoms with van der Waals surface area (Å²) in [6.07, 6.45) is 0. The van der Waals surface area contributed by atoms with Crippen molar-refractivity contribution in [1.82, 2.24) is 0 Å². The molecular weight excluding hydrogens is 270 g/mol. The van der Waals surface area contributed by atoms with Crippen molar-refractivity contribution < 1.29 is 4.74 Å². The molecule has 0 saturated carbocycles. The van der Waals surface area contributed by atoms with Gasteiger partial charge in [-0.25, -0.2) is 0 Å². The molecule has 1 aromatic rings. The molecule has 128 valence electrons. The molecule has 0 aromatic heterocycles. The van der Waals surface area contributed by atoms with Crippen molar-refractivity contribution in [2.45, 2.75) is 67.9 Å². The maximum Gasteiger partial charge on any atom is 0.126 e. The summed E-state index contributed by atoms with van der Waals surface area (Å²) in [5, 5.41) is 0. The van der Waals surface area contributed by atoms with Gasteiger partial charge in [0.1, 0.15) is 11.4 Å². The number of rotatable bonds is 1. The SMILES string of the molecule is CC.CC.CC1=C(c2ccccc2)OC(C)(C)C1(C)C.CN. The van der Waals surface area contributed by atoms with Crippen LogP contribution in [0.3, 0.4) is 0 Å². The van der Waals surface area contributed by atoms with E-state index >= 15 is 0 Å². The zero-order chi connectivity index (χ0) is 18.0. The monoisotopic (exact) mass is 307 g/mol. The fourth-order valence-corrected chi connectivity index (χ4v) is 2.06. The Morgan fingerprint density at radius 3 is 1.55 bits per heavy atom. The summed E-state index contributed by atoms with van der Waals surface area (Å²) in [5.41, 5.74) is 6.96.